The maximum atomic E-state index is 12.6. The molecule has 1 aromatic heterocycles. The van der Waals surface area contributed by atoms with Crippen LogP contribution >= 0.6 is 0 Å². The molecule has 0 spiro atoms. The van der Waals surface area contributed by atoms with Crippen LogP contribution in [-0.4, -0.2) is 56.6 Å². The minimum Gasteiger partial charge on any atom is -0.337 e. The molecule has 3 N–H and O–H groups in total. The van der Waals surface area contributed by atoms with Crippen molar-refractivity contribution < 1.29 is 13.2 Å². The number of sulfonamides is 1. The fourth-order valence-corrected chi connectivity index (χ4v) is 5.36. The lowest BCUT2D eigenvalue weighted by molar-refractivity contribution is 0.249. The first kappa shape index (κ1) is 23.6. The van der Waals surface area contributed by atoms with Gasteiger partial charge in [0.15, 0.2) is 0 Å². The molecule has 4 rings (SSSR count). The van der Waals surface area contributed by atoms with Crippen LogP contribution in [0.2, 0.25) is 0 Å². The average molecular weight is 479 g/mol. The molecule has 0 radical (unpaired) electrons. The number of amides is 2. The van der Waals surface area contributed by atoms with Gasteiger partial charge in [-0.05, 0) is 50.2 Å². The Morgan fingerprint density at radius 2 is 2.03 bits per heavy atom. The molecule has 34 heavy (non-hydrogen) atoms. The lowest BCUT2D eigenvalue weighted by Crippen LogP contribution is -2.39. The van der Waals surface area contributed by atoms with E-state index in [-0.39, 0.29) is 17.0 Å². The Labute approximate surface area is 198 Å². The molecular weight excluding hydrogens is 452 g/mol. The summed E-state index contributed by atoms with van der Waals surface area (Å²) >= 11 is 0. The summed E-state index contributed by atoms with van der Waals surface area (Å²) in [6, 6.07) is 16.9. The number of hydrogen-bond acceptors (Lipinski definition) is 6. The van der Waals surface area contributed by atoms with Crippen molar-refractivity contribution in [3.05, 3.63) is 65.9 Å². The van der Waals surface area contributed by atoms with Gasteiger partial charge in [0.25, 0.3) is 0 Å². The second-order valence-corrected chi connectivity index (χ2v) is 9.97. The standard InChI is InChI=1S/C24H26N6O3S/c1-17-13-23(21-7-2-3-8-22(21)27-17)28-24(31)26-10-12-30-11-9-19(16-30)29-34(32,33)20-6-4-5-18(14-20)15-25/h2-8,13-14,19,29H,9-12,16H2,1H3,(H2,26,27,28,31). The summed E-state index contributed by atoms with van der Waals surface area (Å²) in [4.78, 5) is 19.1. The van der Waals surface area contributed by atoms with Crippen molar-refractivity contribution in [1.29, 1.82) is 5.26 Å². The molecule has 1 atom stereocenters. The molecule has 1 aliphatic rings. The largest absolute Gasteiger partial charge is 0.337 e. The summed E-state index contributed by atoms with van der Waals surface area (Å²) in [5, 5.41) is 15.6. The average Bonchev–Trinajstić information content (AvgIpc) is 3.25. The Bertz CT molecular complexity index is 1350. The zero-order valence-corrected chi connectivity index (χ0v) is 19.6. The normalized spacial score (nSPS) is 16.3. The van der Waals surface area contributed by atoms with Crippen LogP contribution in [0.3, 0.4) is 0 Å². The first-order chi connectivity index (χ1) is 16.3. The summed E-state index contributed by atoms with van der Waals surface area (Å²) in [7, 11) is -3.70. The number of anilines is 1. The molecule has 1 saturated heterocycles. The van der Waals surface area contributed by atoms with Crippen LogP contribution in [0.1, 0.15) is 17.7 Å². The third kappa shape index (κ3) is 5.69. The summed E-state index contributed by atoms with van der Waals surface area (Å²) in [6.45, 7) is 4.19. The van der Waals surface area contributed by atoms with Gasteiger partial charge in [-0.1, -0.05) is 24.3 Å². The van der Waals surface area contributed by atoms with Gasteiger partial charge < -0.3 is 10.6 Å². The maximum absolute atomic E-state index is 12.6. The molecule has 0 saturated carbocycles. The van der Waals surface area contributed by atoms with Gasteiger partial charge in [-0.25, -0.2) is 17.9 Å². The Morgan fingerprint density at radius 1 is 1.21 bits per heavy atom. The fourth-order valence-electron chi connectivity index (χ4n) is 4.06. The minimum atomic E-state index is -3.70. The number of fused-ring (bicyclic) bond motifs is 1. The number of nitrogens with zero attached hydrogens (tertiary/aromatic N) is 3. The highest BCUT2D eigenvalue weighted by Crippen LogP contribution is 2.22. The number of para-hydroxylation sites is 1. The van der Waals surface area contributed by atoms with E-state index in [1.54, 1.807) is 12.1 Å². The minimum absolute atomic E-state index is 0.0854. The van der Waals surface area contributed by atoms with E-state index in [2.05, 4.69) is 25.2 Å². The molecule has 1 unspecified atom stereocenters. The summed E-state index contributed by atoms with van der Waals surface area (Å²) in [6.07, 6.45) is 0.672. The van der Waals surface area contributed by atoms with Gasteiger partial charge >= 0.3 is 6.03 Å². The summed E-state index contributed by atoms with van der Waals surface area (Å²) in [5.41, 5.74) is 2.65. The highest BCUT2D eigenvalue weighted by Gasteiger charge is 2.27. The van der Waals surface area contributed by atoms with Gasteiger partial charge in [0.2, 0.25) is 10.0 Å². The van der Waals surface area contributed by atoms with E-state index in [1.807, 2.05) is 43.3 Å². The Morgan fingerprint density at radius 3 is 2.85 bits per heavy atom. The van der Waals surface area contributed by atoms with Gasteiger partial charge in [0, 0.05) is 36.8 Å². The van der Waals surface area contributed by atoms with Crippen molar-refractivity contribution in [3.63, 3.8) is 0 Å². The molecule has 1 aliphatic heterocycles. The van der Waals surface area contributed by atoms with Crippen LogP contribution < -0.4 is 15.4 Å². The number of carbonyl (C=O) groups excluding carboxylic acids is 1. The number of benzene rings is 2. The molecule has 2 heterocycles. The number of likely N-dealkylation sites (tertiary alicyclic amines) is 1. The van der Waals surface area contributed by atoms with E-state index in [0.717, 1.165) is 23.1 Å². The number of carbonyl (C=O) groups is 1. The first-order valence-electron chi connectivity index (χ1n) is 11.0. The van der Waals surface area contributed by atoms with E-state index >= 15 is 0 Å². The number of nitrogens with one attached hydrogen (secondary N) is 3. The van der Waals surface area contributed by atoms with Crippen molar-refractivity contribution >= 4 is 32.6 Å². The third-order valence-electron chi connectivity index (χ3n) is 5.67. The maximum Gasteiger partial charge on any atom is 0.319 e. The summed E-state index contributed by atoms with van der Waals surface area (Å²) in [5.74, 6) is 0. The number of hydrogen-bond donors (Lipinski definition) is 3. The fraction of sp³-hybridized carbons (Fsp3) is 0.292. The summed E-state index contributed by atoms with van der Waals surface area (Å²) < 4.78 is 28.0. The first-order valence-corrected chi connectivity index (χ1v) is 12.5. The van der Waals surface area contributed by atoms with Crippen LogP contribution in [-0.2, 0) is 10.0 Å². The number of nitriles is 1. The van der Waals surface area contributed by atoms with Gasteiger partial charge in [-0.2, -0.15) is 5.26 Å². The Hall–Kier alpha value is -3.52. The van der Waals surface area contributed by atoms with E-state index in [1.165, 1.54) is 12.1 Å². The SMILES string of the molecule is Cc1cc(NC(=O)NCCN2CCC(NS(=O)(=O)c3cccc(C#N)c3)C2)c2ccccc2n1. The second-order valence-electron chi connectivity index (χ2n) is 8.26. The van der Waals surface area contributed by atoms with Crippen LogP contribution in [0.5, 0.6) is 0 Å². The topological polar surface area (TPSA) is 127 Å². The third-order valence-corrected chi connectivity index (χ3v) is 7.19. The molecule has 2 amide bonds. The van der Waals surface area contributed by atoms with Crippen molar-refractivity contribution in [2.24, 2.45) is 0 Å². The van der Waals surface area contributed by atoms with E-state index in [0.29, 0.717) is 37.3 Å². The van der Waals surface area contributed by atoms with Gasteiger partial charge in [0.05, 0.1) is 27.7 Å². The van der Waals surface area contributed by atoms with Crippen LogP contribution in [0.4, 0.5) is 10.5 Å². The number of aryl methyl sites for hydroxylation is 1. The zero-order valence-electron chi connectivity index (χ0n) is 18.8. The van der Waals surface area contributed by atoms with Crippen LogP contribution in [0, 0.1) is 18.3 Å². The molecule has 176 valence electrons. The smallest absolute Gasteiger partial charge is 0.319 e. The molecule has 1 fully saturated rings. The van der Waals surface area contributed by atoms with E-state index in [4.69, 9.17) is 5.26 Å². The quantitative estimate of drug-likeness (QED) is 0.479. The molecule has 3 aromatic rings. The van der Waals surface area contributed by atoms with Crippen molar-refractivity contribution in [2.45, 2.75) is 24.3 Å². The molecule has 0 bridgehead atoms. The van der Waals surface area contributed by atoms with Crippen molar-refractivity contribution in [1.82, 2.24) is 19.9 Å². The number of rotatable bonds is 7. The highest BCUT2D eigenvalue weighted by molar-refractivity contribution is 7.89. The van der Waals surface area contributed by atoms with Crippen LogP contribution in [0.25, 0.3) is 10.9 Å². The zero-order chi connectivity index (χ0) is 24.1. The second kappa shape index (κ2) is 10.2. The number of urea groups is 1. The predicted molar refractivity (Wildman–Crippen MR) is 130 cm³/mol. The highest BCUT2D eigenvalue weighted by atomic mass is 32.2. The Balaban J connectivity index is 1.26. The molecule has 10 heteroatoms. The van der Waals surface area contributed by atoms with E-state index < -0.39 is 10.0 Å². The molecule has 0 aliphatic carbocycles. The molecular formula is C24H26N6O3S. The molecule has 2 aromatic carbocycles. The molecule has 9 nitrogen and oxygen atoms in total. The van der Waals surface area contributed by atoms with Gasteiger partial charge in [0.1, 0.15) is 0 Å². The predicted octanol–water partition coefficient (Wildman–Crippen LogP) is 2.59. The van der Waals surface area contributed by atoms with Crippen molar-refractivity contribution in [3.8, 4) is 6.07 Å². The number of aromatic nitrogens is 1. The Kier molecular flexibility index (Phi) is 7.07. The number of pyridine rings is 1. The monoisotopic (exact) mass is 478 g/mol. The lowest BCUT2D eigenvalue weighted by Gasteiger charge is -2.17. The van der Waals surface area contributed by atoms with E-state index in [9.17, 15) is 13.2 Å². The van der Waals surface area contributed by atoms with Gasteiger partial charge in [-0.3, -0.25) is 9.88 Å². The van der Waals surface area contributed by atoms with Crippen molar-refractivity contribution in [2.75, 3.05) is 31.5 Å². The lowest BCUT2D eigenvalue weighted by atomic mass is 10.1. The van der Waals surface area contributed by atoms with Crippen LogP contribution in [0.15, 0.2) is 59.5 Å². The van der Waals surface area contributed by atoms with Gasteiger partial charge in [-0.15, -0.1) is 0 Å².